The number of ether oxygens (including phenoxy) is 1. The summed E-state index contributed by atoms with van der Waals surface area (Å²) in [5.41, 5.74) is 1.79. The zero-order valence-corrected chi connectivity index (χ0v) is 18.2. The van der Waals surface area contributed by atoms with E-state index in [2.05, 4.69) is 6.92 Å². The second-order valence-electron chi connectivity index (χ2n) is 7.65. The minimum Gasteiger partial charge on any atom is -0.497 e. The van der Waals surface area contributed by atoms with Gasteiger partial charge in [-0.25, -0.2) is 8.42 Å². The lowest BCUT2D eigenvalue weighted by atomic mass is 9.99. The number of likely N-dealkylation sites (tertiary alicyclic amines) is 1. The van der Waals surface area contributed by atoms with Crippen LogP contribution in [0.5, 0.6) is 5.75 Å². The average Bonchev–Trinajstić information content (AvgIpc) is 2.73. The molecule has 1 amide bonds. The molecule has 0 spiro atoms. The third-order valence-electron chi connectivity index (χ3n) is 5.46. The smallest absolute Gasteiger partial charge is 0.264 e. The van der Waals surface area contributed by atoms with Crippen LogP contribution in [0.2, 0.25) is 0 Å². The summed E-state index contributed by atoms with van der Waals surface area (Å²) in [7, 11) is -0.717. The minimum atomic E-state index is -3.76. The Bertz CT molecular complexity index is 986. The van der Waals surface area contributed by atoms with E-state index in [-0.39, 0.29) is 10.8 Å². The van der Waals surface area contributed by atoms with Crippen molar-refractivity contribution in [1.29, 1.82) is 0 Å². The number of piperidine rings is 1. The number of carbonyl (C=O) groups is 1. The van der Waals surface area contributed by atoms with Crippen molar-refractivity contribution < 1.29 is 17.9 Å². The summed E-state index contributed by atoms with van der Waals surface area (Å²) in [5.74, 6) is 1.02. The first kappa shape index (κ1) is 21.2. The second kappa shape index (κ2) is 8.45. The van der Waals surface area contributed by atoms with E-state index in [1.807, 2.05) is 11.8 Å². The highest BCUT2D eigenvalue weighted by Crippen LogP contribution is 2.28. The topological polar surface area (TPSA) is 66.9 Å². The number of hydrogen-bond acceptors (Lipinski definition) is 4. The summed E-state index contributed by atoms with van der Waals surface area (Å²) in [6.07, 6.45) is 2.13. The predicted octanol–water partition coefficient (Wildman–Crippen LogP) is 3.70. The van der Waals surface area contributed by atoms with Crippen LogP contribution in [0.15, 0.2) is 47.4 Å². The quantitative estimate of drug-likeness (QED) is 0.745. The van der Waals surface area contributed by atoms with E-state index in [1.165, 1.54) is 30.6 Å². The maximum atomic E-state index is 13.1. The van der Waals surface area contributed by atoms with E-state index in [0.29, 0.717) is 22.9 Å². The van der Waals surface area contributed by atoms with Gasteiger partial charge in [-0.15, -0.1) is 0 Å². The molecular formula is C22H28N2O4S. The van der Waals surface area contributed by atoms with Crippen molar-refractivity contribution in [2.45, 2.75) is 31.6 Å². The van der Waals surface area contributed by atoms with E-state index >= 15 is 0 Å². The molecule has 29 heavy (non-hydrogen) atoms. The molecule has 2 aromatic rings. The number of benzene rings is 2. The molecule has 6 nitrogen and oxygen atoms in total. The summed E-state index contributed by atoms with van der Waals surface area (Å²) < 4.78 is 32.5. The van der Waals surface area contributed by atoms with Crippen LogP contribution < -0.4 is 9.04 Å². The predicted molar refractivity (Wildman–Crippen MR) is 114 cm³/mol. The number of anilines is 1. The summed E-state index contributed by atoms with van der Waals surface area (Å²) >= 11 is 0. The molecule has 0 bridgehead atoms. The zero-order chi connectivity index (χ0) is 21.2. The van der Waals surface area contributed by atoms with Gasteiger partial charge in [0.2, 0.25) is 0 Å². The minimum absolute atomic E-state index is 0.0481. The first-order valence-corrected chi connectivity index (χ1v) is 11.2. The van der Waals surface area contributed by atoms with E-state index in [1.54, 1.807) is 30.3 Å². The number of amides is 1. The molecule has 1 heterocycles. The Hall–Kier alpha value is -2.54. The Morgan fingerprint density at radius 2 is 1.86 bits per heavy atom. The molecule has 3 rings (SSSR count). The van der Waals surface area contributed by atoms with Crippen molar-refractivity contribution in [3.63, 3.8) is 0 Å². The first-order chi connectivity index (χ1) is 13.7. The van der Waals surface area contributed by atoms with Gasteiger partial charge >= 0.3 is 0 Å². The Balaban J connectivity index is 1.91. The number of sulfonamides is 1. The van der Waals surface area contributed by atoms with Gasteiger partial charge in [0.05, 0.1) is 17.7 Å². The van der Waals surface area contributed by atoms with Crippen molar-refractivity contribution in [1.82, 2.24) is 4.90 Å². The molecule has 1 aliphatic rings. The number of nitrogens with zero attached hydrogens (tertiary/aromatic N) is 2. The third-order valence-corrected chi connectivity index (χ3v) is 7.24. The summed E-state index contributed by atoms with van der Waals surface area (Å²) in [5, 5.41) is 0. The standard InChI is InChI=1S/C22H28N2O4S/c1-16-6-5-13-24(15-16)22(25)18-8-7-17(2)21(14-18)23(3)29(26,27)20-11-9-19(28-4)10-12-20/h7-12,14,16H,5-6,13,15H2,1-4H3/t16-/m1/s1. The van der Waals surface area contributed by atoms with Gasteiger partial charge in [-0.1, -0.05) is 13.0 Å². The molecule has 156 valence electrons. The van der Waals surface area contributed by atoms with Crippen LogP contribution in [0.3, 0.4) is 0 Å². The Morgan fingerprint density at radius 1 is 1.17 bits per heavy atom. The maximum Gasteiger partial charge on any atom is 0.264 e. The first-order valence-electron chi connectivity index (χ1n) is 9.77. The molecule has 1 aliphatic heterocycles. The molecule has 0 unspecified atom stereocenters. The molecule has 0 aromatic heterocycles. The van der Waals surface area contributed by atoms with Gasteiger partial charge in [-0.3, -0.25) is 9.10 Å². The molecule has 1 saturated heterocycles. The van der Waals surface area contributed by atoms with E-state index < -0.39 is 10.0 Å². The van der Waals surface area contributed by atoms with Crippen LogP contribution in [-0.4, -0.2) is 46.5 Å². The van der Waals surface area contributed by atoms with E-state index in [4.69, 9.17) is 4.74 Å². The average molecular weight is 417 g/mol. The van der Waals surface area contributed by atoms with Crippen molar-refractivity contribution in [3.05, 3.63) is 53.6 Å². The van der Waals surface area contributed by atoms with Crippen LogP contribution in [0.1, 0.15) is 35.7 Å². The monoisotopic (exact) mass is 416 g/mol. The number of aryl methyl sites for hydroxylation is 1. The van der Waals surface area contributed by atoms with Crippen LogP contribution in [0, 0.1) is 12.8 Å². The summed E-state index contributed by atoms with van der Waals surface area (Å²) in [6, 6.07) is 11.5. The summed E-state index contributed by atoms with van der Waals surface area (Å²) in [4.78, 5) is 15.0. The normalized spacial score (nSPS) is 17.1. The van der Waals surface area contributed by atoms with E-state index in [0.717, 1.165) is 31.5 Å². The molecule has 0 N–H and O–H groups in total. The highest BCUT2D eigenvalue weighted by molar-refractivity contribution is 7.92. The lowest BCUT2D eigenvalue weighted by molar-refractivity contribution is 0.0683. The summed E-state index contributed by atoms with van der Waals surface area (Å²) in [6.45, 7) is 5.47. The molecule has 0 saturated carbocycles. The number of carbonyl (C=O) groups excluding carboxylic acids is 1. The van der Waals surface area contributed by atoms with Crippen LogP contribution >= 0.6 is 0 Å². The molecule has 0 radical (unpaired) electrons. The van der Waals surface area contributed by atoms with E-state index in [9.17, 15) is 13.2 Å². The maximum absolute atomic E-state index is 13.1. The van der Waals surface area contributed by atoms with Gasteiger partial charge in [0, 0.05) is 25.7 Å². The second-order valence-corrected chi connectivity index (χ2v) is 9.62. The van der Waals surface area contributed by atoms with Crippen LogP contribution in [0.25, 0.3) is 0 Å². The number of hydrogen-bond donors (Lipinski definition) is 0. The Morgan fingerprint density at radius 3 is 2.48 bits per heavy atom. The van der Waals surface area contributed by atoms with Gasteiger partial charge in [0.25, 0.3) is 15.9 Å². The lowest BCUT2D eigenvalue weighted by Crippen LogP contribution is -2.39. The fraction of sp³-hybridized carbons (Fsp3) is 0.409. The number of rotatable bonds is 5. The fourth-order valence-electron chi connectivity index (χ4n) is 3.67. The fourth-order valence-corrected chi connectivity index (χ4v) is 4.93. The molecule has 0 aliphatic carbocycles. The van der Waals surface area contributed by atoms with Crippen LogP contribution in [0.4, 0.5) is 5.69 Å². The zero-order valence-electron chi connectivity index (χ0n) is 17.4. The van der Waals surface area contributed by atoms with Gasteiger partial charge in [-0.2, -0.15) is 0 Å². The van der Waals surface area contributed by atoms with Gasteiger partial charge < -0.3 is 9.64 Å². The highest BCUT2D eigenvalue weighted by Gasteiger charge is 2.26. The molecular weight excluding hydrogens is 388 g/mol. The SMILES string of the molecule is COc1ccc(S(=O)(=O)N(C)c2cc(C(=O)N3CCC[C@@H](C)C3)ccc2C)cc1. The van der Waals surface area contributed by atoms with Gasteiger partial charge in [0.15, 0.2) is 0 Å². The molecule has 1 atom stereocenters. The van der Waals surface area contributed by atoms with Crippen molar-refractivity contribution in [2.75, 3.05) is 31.6 Å². The van der Waals surface area contributed by atoms with Crippen molar-refractivity contribution in [3.8, 4) is 5.75 Å². The third kappa shape index (κ3) is 4.40. The highest BCUT2D eigenvalue weighted by atomic mass is 32.2. The Labute approximate surface area is 173 Å². The largest absolute Gasteiger partial charge is 0.497 e. The van der Waals surface area contributed by atoms with Gasteiger partial charge in [-0.05, 0) is 67.6 Å². The lowest BCUT2D eigenvalue weighted by Gasteiger charge is -2.31. The van der Waals surface area contributed by atoms with Crippen molar-refractivity contribution in [2.24, 2.45) is 5.92 Å². The molecule has 7 heteroatoms. The molecule has 1 fully saturated rings. The Kier molecular flexibility index (Phi) is 6.17. The van der Waals surface area contributed by atoms with Gasteiger partial charge in [0.1, 0.15) is 5.75 Å². The number of methoxy groups -OCH3 is 1. The van der Waals surface area contributed by atoms with Crippen molar-refractivity contribution >= 4 is 21.6 Å². The van der Waals surface area contributed by atoms with Crippen LogP contribution in [-0.2, 0) is 10.0 Å². The molecule has 2 aromatic carbocycles.